The van der Waals surface area contributed by atoms with Crippen LogP contribution in [0.1, 0.15) is 21.7 Å². The van der Waals surface area contributed by atoms with E-state index in [2.05, 4.69) is 20.3 Å². The lowest BCUT2D eigenvalue weighted by atomic mass is 10.1. The summed E-state index contributed by atoms with van der Waals surface area (Å²) in [5.74, 6) is -0.0895. The molecule has 1 amide bonds. The van der Waals surface area contributed by atoms with Crippen LogP contribution in [0.3, 0.4) is 0 Å². The van der Waals surface area contributed by atoms with Gasteiger partial charge in [0.1, 0.15) is 5.82 Å². The number of hydrogen-bond acceptors (Lipinski definition) is 4. The Morgan fingerprint density at radius 2 is 1.91 bits per heavy atom. The van der Waals surface area contributed by atoms with Crippen molar-refractivity contribution in [2.75, 3.05) is 5.32 Å². The fourth-order valence-electron chi connectivity index (χ4n) is 2.20. The van der Waals surface area contributed by atoms with Crippen LogP contribution in [0.5, 0.6) is 0 Å². The maximum Gasteiger partial charge on any atom is 0.347 e. The topological polar surface area (TPSA) is 87.7 Å². The summed E-state index contributed by atoms with van der Waals surface area (Å²) in [4.78, 5) is 34.2. The van der Waals surface area contributed by atoms with E-state index in [0.29, 0.717) is 11.3 Å². The van der Waals surface area contributed by atoms with E-state index in [-0.39, 0.29) is 11.7 Å². The first-order valence-electron chi connectivity index (χ1n) is 6.78. The molecule has 0 radical (unpaired) electrons. The van der Waals surface area contributed by atoms with E-state index >= 15 is 0 Å². The number of carbonyl (C=O) groups excluding carboxylic acids is 1. The highest BCUT2D eigenvalue weighted by molar-refractivity contribution is 6.05. The molecule has 2 heterocycles. The van der Waals surface area contributed by atoms with Crippen LogP contribution in [0.15, 0.2) is 41.2 Å². The van der Waals surface area contributed by atoms with E-state index < -0.39 is 5.69 Å². The van der Waals surface area contributed by atoms with E-state index in [9.17, 15) is 9.59 Å². The third kappa shape index (κ3) is 2.85. The number of aromatic nitrogens is 3. The Labute approximate surface area is 126 Å². The Morgan fingerprint density at radius 3 is 2.68 bits per heavy atom. The number of pyridine rings is 1. The molecular formula is C16H14N4O2. The maximum atomic E-state index is 12.3. The maximum absolute atomic E-state index is 12.3. The molecule has 110 valence electrons. The number of H-pyrrole nitrogens is 1. The predicted octanol–water partition coefficient (Wildman–Crippen LogP) is 2.19. The van der Waals surface area contributed by atoms with Crippen LogP contribution >= 0.6 is 0 Å². The molecule has 3 rings (SSSR count). The number of amides is 1. The van der Waals surface area contributed by atoms with Gasteiger partial charge in [0, 0.05) is 28.4 Å². The quantitative estimate of drug-likeness (QED) is 0.758. The lowest BCUT2D eigenvalue weighted by molar-refractivity contribution is 0.102. The van der Waals surface area contributed by atoms with Gasteiger partial charge >= 0.3 is 5.69 Å². The summed E-state index contributed by atoms with van der Waals surface area (Å²) in [7, 11) is 0. The molecule has 2 aromatic heterocycles. The highest BCUT2D eigenvalue weighted by Gasteiger charge is 2.09. The van der Waals surface area contributed by atoms with Crippen LogP contribution in [0, 0.1) is 13.8 Å². The van der Waals surface area contributed by atoms with Crippen molar-refractivity contribution >= 4 is 22.6 Å². The van der Waals surface area contributed by atoms with Crippen molar-refractivity contribution in [1.29, 1.82) is 0 Å². The largest absolute Gasteiger partial charge is 0.347 e. The zero-order valence-electron chi connectivity index (χ0n) is 12.2. The Balaban J connectivity index is 1.91. The minimum atomic E-state index is -0.492. The Kier molecular flexibility index (Phi) is 3.42. The van der Waals surface area contributed by atoms with Crippen LogP contribution in [-0.4, -0.2) is 20.9 Å². The minimum absolute atomic E-state index is 0.230. The fraction of sp³-hybridized carbons (Fsp3) is 0.125. The molecule has 0 aliphatic rings. The van der Waals surface area contributed by atoms with Gasteiger partial charge in [-0.15, -0.1) is 0 Å². The first kappa shape index (κ1) is 13.9. The zero-order chi connectivity index (χ0) is 15.7. The summed E-state index contributed by atoms with van der Waals surface area (Å²) in [6, 6.07) is 10.7. The number of aryl methyl sites for hydroxylation is 2. The number of rotatable bonds is 2. The number of benzene rings is 1. The number of nitrogens with zero attached hydrogens (tertiary/aromatic N) is 2. The highest BCUT2D eigenvalue weighted by atomic mass is 16.2. The first-order chi connectivity index (χ1) is 10.5. The SMILES string of the molecule is Cc1ccc2cc(C(=O)Nc3cc(C)[nH]c(=O)n3)ccc2n1. The van der Waals surface area contributed by atoms with Crippen molar-refractivity contribution in [3.8, 4) is 0 Å². The van der Waals surface area contributed by atoms with Crippen LogP contribution in [0.25, 0.3) is 10.9 Å². The molecule has 1 aromatic carbocycles. The molecule has 2 N–H and O–H groups in total. The van der Waals surface area contributed by atoms with Crippen molar-refractivity contribution < 1.29 is 4.79 Å². The van der Waals surface area contributed by atoms with Crippen molar-refractivity contribution in [2.24, 2.45) is 0 Å². The molecule has 0 saturated carbocycles. The third-order valence-corrected chi connectivity index (χ3v) is 3.21. The third-order valence-electron chi connectivity index (χ3n) is 3.21. The van der Waals surface area contributed by atoms with E-state index in [4.69, 9.17) is 0 Å². The fourth-order valence-corrected chi connectivity index (χ4v) is 2.20. The molecule has 6 heteroatoms. The average Bonchev–Trinajstić information content (AvgIpc) is 2.45. The van der Waals surface area contributed by atoms with E-state index in [1.165, 1.54) is 0 Å². The first-order valence-corrected chi connectivity index (χ1v) is 6.78. The molecule has 0 unspecified atom stereocenters. The van der Waals surface area contributed by atoms with Crippen LogP contribution in [-0.2, 0) is 0 Å². The van der Waals surface area contributed by atoms with Gasteiger partial charge in [-0.05, 0) is 38.1 Å². The molecule has 0 fully saturated rings. The number of fused-ring (bicyclic) bond motifs is 1. The Bertz CT molecular complexity index is 931. The van der Waals surface area contributed by atoms with Gasteiger partial charge in [-0.2, -0.15) is 4.98 Å². The lowest BCUT2D eigenvalue weighted by Crippen LogP contribution is -2.18. The molecule has 3 aromatic rings. The smallest absolute Gasteiger partial charge is 0.310 e. The van der Waals surface area contributed by atoms with Gasteiger partial charge in [0.15, 0.2) is 0 Å². The Hall–Kier alpha value is -3.02. The number of aromatic amines is 1. The monoisotopic (exact) mass is 294 g/mol. The highest BCUT2D eigenvalue weighted by Crippen LogP contribution is 2.15. The van der Waals surface area contributed by atoms with Crippen molar-refractivity contribution in [2.45, 2.75) is 13.8 Å². The summed E-state index contributed by atoms with van der Waals surface area (Å²) in [6.07, 6.45) is 0. The van der Waals surface area contributed by atoms with Gasteiger partial charge in [0.05, 0.1) is 5.52 Å². The van der Waals surface area contributed by atoms with Crippen LogP contribution in [0.4, 0.5) is 5.82 Å². The van der Waals surface area contributed by atoms with Gasteiger partial charge in [-0.1, -0.05) is 6.07 Å². The van der Waals surface area contributed by atoms with Gasteiger partial charge in [0.2, 0.25) is 0 Å². The van der Waals surface area contributed by atoms with Gasteiger partial charge in [-0.25, -0.2) is 4.79 Å². The summed E-state index contributed by atoms with van der Waals surface area (Å²) in [5.41, 5.74) is 2.38. The van der Waals surface area contributed by atoms with Crippen LogP contribution in [0.2, 0.25) is 0 Å². The minimum Gasteiger partial charge on any atom is -0.310 e. The second-order valence-electron chi connectivity index (χ2n) is 5.07. The summed E-state index contributed by atoms with van der Waals surface area (Å²) in [6.45, 7) is 3.64. The summed E-state index contributed by atoms with van der Waals surface area (Å²) in [5, 5.41) is 3.51. The van der Waals surface area contributed by atoms with E-state index in [1.807, 2.05) is 19.1 Å². The number of anilines is 1. The number of nitrogens with one attached hydrogen (secondary N) is 2. The average molecular weight is 294 g/mol. The lowest BCUT2D eigenvalue weighted by Gasteiger charge is -2.06. The molecule has 0 spiro atoms. The molecule has 0 atom stereocenters. The van der Waals surface area contributed by atoms with Gasteiger partial charge in [0.25, 0.3) is 5.91 Å². The van der Waals surface area contributed by atoms with E-state index in [1.54, 1.807) is 31.2 Å². The van der Waals surface area contributed by atoms with Crippen molar-refractivity contribution in [3.63, 3.8) is 0 Å². The number of carbonyl (C=O) groups is 1. The Morgan fingerprint density at radius 1 is 1.09 bits per heavy atom. The van der Waals surface area contributed by atoms with Crippen molar-refractivity contribution in [1.82, 2.24) is 15.0 Å². The molecule has 0 aliphatic carbocycles. The second kappa shape index (κ2) is 5.40. The standard InChI is InChI=1S/C16H14N4O2/c1-9-3-4-11-8-12(5-6-13(11)17-9)15(21)19-14-7-10(2)18-16(22)20-14/h3-8H,1-2H3,(H2,18,19,20,21,22). The zero-order valence-corrected chi connectivity index (χ0v) is 12.2. The molecule has 0 aliphatic heterocycles. The van der Waals surface area contributed by atoms with E-state index in [0.717, 1.165) is 16.6 Å². The molecular weight excluding hydrogens is 280 g/mol. The molecule has 6 nitrogen and oxygen atoms in total. The summed E-state index contributed by atoms with van der Waals surface area (Å²) >= 11 is 0. The normalized spacial score (nSPS) is 10.6. The van der Waals surface area contributed by atoms with Crippen LogP contribution < -0.4 is 11.0 Å². The molecule has 22 heavy (non-hydrogen) atoms. The molecule has 0 saturated heterocycles. The number of hydrogen-bond donors (Lipinski definition) is 2. The predicted molar refractivity (Wildman–Crippen MR) is 84.0 cm³/mol. The van der Waals surface area contributed by atoms with Gasteiger partial charge < -0.3 is 10.3 Å². The van der Waals surface area contributed by atoms with Crippen molar-refractivity contribution in [3.05, 3.63) is 63.8 Å². The second-order valence-corrected chi connectivity index (χ2v) is 5.07. The summed E-state index contributed by atoms with van der Waals surface area (Å²) < 4.78 is 0. The van der Waals surface area contributed by atoms with Gasteiger partial charge in [-0.3, -0.25) is 9.78 Å². The molecule has 0 bridgehead atoms.